The molecule has 24 heteroatoms. The number of benzene rings is 3. The van der Waals surface area contributed by atoms with Crippen molar-refractivity contribution in [3.8, 4) is 5.69 Å². The van der Waals surface area contributed by atoms with E-state index in [1.54, 1.807) is 18.3 Å². The number of rotatable bonds is 47. The molecule has 4 aromatic rings. The summed E-state index contributed by atoms with van der Waals surface area (Å²) in [4.78, 5) is 14.3. The van der Waals surface area contributed by atoms with E-state index in [0.717, 1.165) is 28.9 Å². The molecule has 0 aliphatic rings. The Morgan fingerprint density at radius 3 is 1.42 bits per heavy atom. The highest BCUT2D eigenvalue weighted by Crippen LogP contribution is 2.39. The van der Waals surface area contributed by atoms with Crippen molar-refractivity contribution in [2.24, 2.45) is 0 Å². The zero-order valence-electron chi connectivity index (χ0n) is 46.5. The zero-order valence-corrected chi connectivity index (χ0v) is 50.6. The third-order valence-electron chi connectivity index (χ3n) is 11.8. The summed E-state index contributed by atoms with van der Waals surface area (Å²) < 4.78 is 124. The molecule has 1 heterocycles. The van der Waals surface area contributed by atoms with Gasteiger partial charge in [0.2, 0.25) is 0 Å². The summed E-state index contributed by atoms with van der Waals surface area (Å²) in [6.07, 6.45) is 1.94. The first-order chi connectivity index (χ1) is 38.0. The van der Waals surface area contributed by atoms with Gasteiger partial charge in [-0.25, -0.2) is 22.2 Å². The summed E-state index contributed by atoms with van der Waals surface area (Å²) in [6, 6.07) is 14.9. The summed E-state index contributed by atoms with van der Waals surface area (Å²) in [5, 5.41) is 1.14. The van der Waals surface area contributed by atoms with Crippen molar-refractivity contribution in [2.75, 3.05) is 164 Å². The van der Waals surface area contributed by atoms with Crippen LogP contribution in [0.2, 0.25) is 29.2 Å². The maximum absolute atomic E-state index is 15.7. The molecule has 0 spiro atoms. The topological polar surface area (TPSA) is 183 Å². The lowest BCUT2D eigenvalue weighted by molar-refractivity contribution is -0.0282. The minimum absolute atomic E-state index is 0.0222. The Kier molecular flexibility index (Phi) is 33.9. The van der Waals surface area contributed by atoms with Gasteiger partial charge in [-0.1, -0.05) is 60.9 Å². The molecule has 0 saturated carbocycles. The molecular weight excluding hydrogens is 1130 g/mol. The molecule has 0 bridgehead atoms. The fourth-order valence-electron chi connectivity index (χ4n) is 7.24. The smallest absolute Gasteiger partial charge is 0.184 e. The van der Waals surface area contributed by atoms with Gasteiger partial charge >= 0.3 is 0 Å². The molecule has 0 aliphatic carbocycles. The summed E-state index contributed by atoms with van der Waals surface area (Å²) in [7, 11) is -5.91. The van der Waals surface area contributed by atoms with Crippen molar-refractivity contribution in [3.05, 3.63) is 105 Å². The SMILES string of the molecule is Cc1cc(C(C)(C)c2cnc(SCc3c(F)cc(S(=O)(=O)CCCOCCOCCOCCOCCOCCOCCOCCOCCOCCOCCOCCOCC[Si](C)(C)O)cc3Cl)n2-c2ccc(F)cc2)ccc1Cl. The van der Waals surface area contributed by atoms with Gasteiger partial charge in [0, 0.05) is 45.7 Å². The van der Waals surface area contributed by atoms with E-state index in [1.807, 2.05) is 42.8 Å². The average molecular weight is 1210 g/mol. The van der Waals surface area contributed by atoms with Crippen molar-refractivity contribution >= 4 is 53.1 Å². The van der Waals surface area contributed by atoms with Crippen LogP contribution in [0, 0.1) is 18.6 Å². The van der Waals surface area contributed by atoms with Crippen LogP contribution in [-0.2, 0) is 77.8 Å². The summed E-state index contributed by atoms with van der Waals surface area (Å²) in [5.41, 5.74) is 2.95. The van der Waals surface area contributed by atoms with E-state index in [0.29, 0.717) is 161 Å². The molecular formula is C55H82Cl2F2N2O15S2Si. The van der Waals surface area contributed by atoms with Gasteiger partial charge in [0.05, 0.1) is 168 Å². The number of ether oxygens (including phenoxy) is 12. The van der Waals surface area contributed by atoms with Crippen molar-refractivity contribution < 1.29 is 78.8 Å². The molecule has 1 aromatic heterocycles. The van der Waals surface area contributed by atoms with E-state index in [-0.39, 0.29) is 52.4 Å². The van der Waals surface area contributed by atoms with Crippen molar-refractivity contribution in [3.63, 3.8) is 0 Å². The molecule has 0 atom stereocenters. The Balaban J connectivity index is 0.928. The molecule has 1 N–H and O–H groups in total. The first-order valence-corrected chi connectivity index (χ1v) is 33.1. The van der Waals surface area contributed by atoms with Gasteiger partial charge in [0.15, 0.2) is 23.3 Å². The Bertz CT molecular complexity index is 2380. The Morgan fingerprint density at radius 1 is 0.595 bits per heavy atom. The largest absolute Gasteiger partial charge is 0.432 e. The van der Waals surface area contributed by atoms with Crippen LogP contribution in [0.3, 0.4) is 0 Å². The summed E-state index contributed by atoms with van der Waals surface area (Å²) >= 11 is 14.1. The van der Waals surface area contributed by atoms with E-state index in [1.165, 1.54) is 30.0 Å². The lowest BCUT2D eigenvalue weighted by atomic mass is 9.81. The second kappa shape index (κ2) is 39.0. The molecule has 4 rings (SSSR count). The number of halogens is 4. The molecule has 3 aromatic carbocycles. The highest BCUT2D eigenvalue weighted by molar-refractivity contribution is 7.98. The third-order valence-corrected chi connectivity index (χ3v) is 16.8. The van der Waals surface area contributed by atoms with Crippen molar-refractivity contribution in [1.29, 1.82) is 0 Å². The van der Waals surface area contributed by atoms with Crippen LogP contribution >= 0.6 is 35.0 Å². The van der Waals surface area contributed by atoms with E-state index in [4.69, 9.17) is 85.0 Å². The lowest BCUT2D eigenvalue weighted by Gasteiger charge is -2.28. The number of sulfone groups is 1. The number of hydrogen-bond donors (Lipinski definition) is 1. The zero-order chi connectivity index (χ0) is 57.2. The average Bonchev–Trinajstić information content (AvgIpc) is 3.89. The predicted octanol–water partition coefficient (Wildman–Crippen LogP) is 8.94. The third kappa shape index (κ3) is 28.0. The first kappa shape index (κ1) is 68.8. The Morgan fingerprint density at radius 2 is 1.01 bits per heavy atom. The van der Waals surface area contributed by atoms with E-state index in [2.05, 4.69) is 13.8 Å². The quantitative estimate of drug-likeness (QED) is 0.0251. The van der Waals surface area contributed by atoms with E-state index >= 15 is 4.39 Å². The number of aromatic nitrogens is 2. The van der Waals surface area contributed by atoms with Crippen LogP contribution in [0.5, 0.6) is 0 Å². The first-order valence-electron chi connectivity index (χ1n) is 26.6. The van der Waals surface area contributed by atoms with Gasteiger partial charge in [-0.15, -0.1) is 0 Å². The number of imidazole rings is 1. The summed E-state index contributed by atoms with van der Waals surface area (Å²) in [6.45, 7) is 20.2. The van der Waals surface area contributed by atoms with Crippen molar-refractivity contribution in [1.82, 2.24) is 9.55 Å². The maximum atomic E-state index is 15.7. The molecule has 79 heavy (non-hydrogen) atoms. The summed E-state index contributed by atoms with van der Waals surface area (Å²) in [5.74, 6) is -1.35. The molecule has 17 nitrogen and oxygen atoms in total. The van der Waals surface area contributed by atoms with Crippen LogP contribution in [-0.4, -0.2) is 195 Å². The number of nitrogens with zero attached hydrogens (tertiary/aromatic N) is 2. The lowest BCUT2D eigenvalue weighted by Crippen LogP contribution is -2.26. The van der Waals surface area contributed by atoms with Gasteiger partial charge in [-0.3, -0.25) is 4.57 Å². The molecule has 0 amide bonds. The predicted molar refractivity (Wildman–Crippen MR) is 304 cm³/mol. The number of aryl methyl sites for hydroxylation is 1. The van der Waals surface area contributed by atoms with Gasteiger partial charge < -0.3 is 61.6 Å². The monoisotopic (exact) mass is 1210 g/mol. The van der Waals surface area contributed by atoms with E-state index in [9.17, 15) is 17.6 Å². The fraction of sp³-hybridized carbons (Fsp3) is 0.618. The minimum atomic E-state index is -3.87. The second-order valence-corrected chi connectivity index (χ2v) is 27.1. The van der Waals surface area contributed by atoms with E-state index < -0.39 is 29.4 Å². The molecule has 0 radical (unpaired) electrons. The standard InChI is InChI=1S/C55H82Cl2F2N2O15S2Si/c1-44-39-45(7-12-50(44)56)55(2,3)53-42-60-54(61(53)47-10-8-46(58)9-11-47)77-43-49-51(57)40-48(41-52(49)59)78(62,63)37-6-13-65-14-15-66-16-17-67-18-19-68-20-21-69-22-23-70-24-25-71-26-27-72-28-29-73-30-31-74-32-33-75-34-35-76-36-38-79(4,5)64/h7-12,39-42,64H,6,13-38,43H2,1-5H3. The van der Waals surface area contributed by atoms with Gasteiger partial charge in [0.25, 0.3) is 0 Å². The normalized spacial score (nSPS) is 12.3. The Hall–Kier alpha value is -2.69. The molecule has 0 aliphatic heterocycles. The number of hydrogen-bond acceptors (Lipinski definition) is 17. The van der Waals surface area contributed by atoms with Gasteiger partial charge in [-0.2, -0.15) is 0 Å². The maximum Gasteiger partial charge on any atom is 0.184 e. The molecule has 0 saturated heterocycles. The second-order valence-electron chi connectivity index (χ2n) is 19.1. The van der Waals surface area contributed by atoms with Crippen molar-refractivity contribution in [2.45, 2.75) is 67.5 Å². The van der Waals surface area contributed by atoms with Crippen LogP contribution < -0.4 is 0 Å². The van der Waals surface area contributed by atoms with Gasteiger partial charge in [0.1, 0.15) is 11.6 Å². The Labute approximate surface area is 481 Å². The van der Waals surface area contributed by atoms with Crippen LogP contribution in [0.4, 0.5) is 8.78 Å². The highest BCUT2D eigenvalue weighted by Gasteiger charge is 2.30. The van der Waals surface area contributed by atoms with Gasteiger partial charge in [-0.05, 0) is 86.1 Å². The highest BCUT2D eigenvalue weighted by atomic mass is 35.5. The molecule has 0 unspecified atom stereocenters. The van der Waals surface area contributed by atoms with Crippen LogP contribution in [0.15, 0.2) is 70.8 Å². The minimum Gasteiger partial charge on any atom is -0.432 e. The molecule has 446 valence electrons. The fourth-order valence-corrected chi connectivity index (χ4v) is 10.8. The van der Waals surface area contributed by atoms with Crippen LogP contribution in [0.25, 0.3) is 5.69 Å². The number of thioether (sulfide) groups is 1. The van der Waals surface area contributed by atoms with Crippen LogP contribution in [0.1, 0.15) is 42.7 Å². The molecule has 0 fully saturated rings.